The Morgan fingerprint density at radius 2 is 1.00 bits per heavy atom. The van der Waals surface area contributed by atoms with Gasteiger partial charge in [-0.2, -0.15) is 0 Å². The first-order valence-corrected chi connectivity index (χ1v) is 8.88. The van der Waals surface area contributed by atoms with Gasteiger partial charge in [0.15, 0.2) is 0 Å². The lowest BCUT2D eigenvalue weighted by Crippen LogP contribution is -1.95. The molecule has 0 saturated carbocycles. The largest absolute Gasteiger partial charge is 0.106 e. The lowest BCUT2D eigenvalue weighted by Gasteiger charge is -2.07. The SMILES string of the molecule is Pc1ccc(-c2ccc(-c3ccc(P)c(I)c3)cc2)cc1. The summed E-state index contributed by atoms with van der Waals surface area (Å²) < 4.78 is 1.27. The summed E-state index contributed by atoms with van der Waals surface area (Å²) in [6, 6.07) is 23.9. The highest BCUT2D eigenvalue weighted by Gasteiger charge is 2.02. The van der Waals surface area contributed by atoms with E-state index in [1.54, 1.807) is 0 Å². The minimum atomic E-state index is 1.21. The number of hydrogen-bond donors (Lipinski definition) is 0. The van der Waals surface area contributed by atoms with E-state index in [1.807, 2.05) is 0 Å². The summed E-state index contributed by atoms with van der Waals surface area (Å²) in [5.41, 5.74) is 5.02. The van der Waals surface area contributed by atoms with Gasteiger partial charge in [-0.05, 0) is 61.5 Å². The monoisotopic (exact) mass is 420 g/mol. The Balaban J connectivity index is 1.93. The van der Waals surface area contributed by atoms with Gasteiger partial charge in [-0.15, -0.1) is 18.5 Å². The van der Waals surface area contributed by atoms with Crippen LogP contribution >= 0.6 is 41.1 Å². The van der Waals surface area contributed by atoms with Crippen molar-refractivity contribution in [3.05, 3.63) is 70.3 Å². The molecule has 21 heavy (non-hydrogen) atoms. The Morgan fingerprint density at radius 1 is 0.571 bits per heavy atom. The molecule has 0 nitrogen and oxygen atoms in total. The maximum atomic E-state index is 2.76. The Labute approximate surface area is 143 Å². The molecule has 0 saturated heterocycles. The van der Waals surface area contributed by atoms with E-state index < -0.39 is 0 Å². The van der Waals surface area contributed by atoms with Crippen molar-refractivity contribution < 1.29 is 0 Å². The Kier molecular flexibility index (Phi) is 4.74. The van der Waals surface area contributed by atoms with E-state index in [4.69, 9.17) is 0 Å². The molecule has 0 heterocycles. The van der Waals surface area contributed by atoms with Crippen molar-refractivity contribution in [1.29, 1.82) is 0 Å². The summed E-state index contributed by atoms with van der Waals surface area (Å²) in [5.74, 6) is 0. The lowest BCUT2D eigenvalue weighted by atomic mass is 10.0. The maximum absolute atomic E-state index is 2.76. The van der Waals surface area contributed by atoms with Crippen molar-refractivity contribution in [3.63, 3.8) is 0 Å². The number of rotatable bonds is 2. The normalized spacial score (nSPS) is 10.6. The van der Waals surface area contributed by atoms with Crippen LogP contribution in [0, 0.1) is 3.57 Å². The Hall–Kier alpha value is -0.750. The summed E-state index contributed by atoms with van der Waals surface area (Å²) in [6.45, 7) is 0. The number of benzene rings is 3. The second kappa shape index (κ2) is 6.57. The maximum Gasteiger partial charge on any atom is 0.0208 e. The molecule has 3 aromatic carbocycles. The summed E-state index contributed by atoms with van der Waals surface area (Å²) in [6.07, 6.45) is 0. The van der Waals surface area contributed by atoms with Gasteiger partial charge >= 0.3 is 0 Å². The van der Waals surface area contributed by atoms with Gasteiger partial charge in [-0.1, -0.05) is 60.7 Å². The van der Waals surface area contributed by atoms with Crippen LogP contribution < -0.4 is 10.6 Å². The van der Waals surface area contributed by atoms with Gasteiger partial charge in [-0.3, -0.25) is 0 Å². The zero-order chi connectivity index (χ0) is 14.8. The lowest BCUT2D eigenvalue weighted by molar-refractivity contribution is 1.60. The van der Waals surface area contributed by atoms with E-state index in [2.05, 4.69) is 108 Å². The van der Waals surface area contributed by atoms with Crippen LogP contribution in [-0.4, -0.2) is 0 Å². The minimum absolute atomic E-state index is 1.21. The van der Waals surface area contributed by atoms with E-state index in [0.717, 1.165) is 0 Å². The molecule has 0 aromatic heterocycles. The first-order valence-electron chi connectivity index (χ1n) is 6.65. The van der Waals surface area contributed by atoms with Crippen LogP contribution in [0.3, 0.4) is 0 Å². The molecule has 0 bridgehead atoms. The van der Waals surface area contributed by atoms with Gasteiger partial charge in [0.2, 0.25) is 0 Å². The first-order chi connectivity index (χ1) is 10.1. The van der Waals surface area contributed by atoms with Gasteiger partial charge in [0.25, 0.3) is 0 Å². The molecule has 2 unspecified atom stereocenters. The fourth-order valence-corrected chi connectivity index (χ4v) is 3.12. The highest BCUT2D eigenvalue weighted by atomic mass is 127. The van der Waals surface area contributed by atoms with Gasteiger partial charge in [0, 0.05) is 3.57 Å². The number of hydrogen-bond acceptors (Lipinski definition) is 0. The van der Waals surface area contributed by atoms with Gasteiger partial charge in [-0.25, -0.2) is 0 Å². The molecule has 2 atom stereocenters. The van der Waals surface area contributed by atoms with Crippen LogP contribution in [0.4, 0.5) is 0 Å². The molecule has 3 heteroatoms. The molecule has 3 aromatic rings. The van der Waals surface area contributed by atoms with Crippen molar-refractivity contribution in [3.8, 4) is 22.3 Å². The van der Waals surface area contributed by atoms with E-state index in [-0.39, 0.29) is 0 Å². The highest BCUT2D eigenvalue weighted by Crippen LogP contribution is 2.25. The molecule has 0 aliphatic carbocycles. The summed E-state index contributed by atoms with van der Waals surface area (Å²) in [5, 5.41) is 2.45. The van der Waals surface area contributed by atoms with E-state index in [9.17, 15) is 0 Å². The molecule has 3 rings (SSSR count). The van der Waals surface area contributed by atoms with Gasteiger partial charge in [0.05, 0.1) is 0 Å². The quantitative estimate of drug-likeness (QED) is 0.419. The summed E-state index contributed by atoms with van der Waals surface area (Å²) >= 11 is 2.37. The third kappa shape index (κ3) is 3.54. The predicted octanol–water partition coefficient (Wildman–Crippen LogP) is 4.63. The van der Waals surface area contributed by atoms with Crippen molar-refractivity contribution in [2.45, 2.75) is 0 Å². The van der Waals surface area contributed by atoms with Crippen LogP contribution in [0.5, 0.6) is 0 Å². The Bertz CT molecular complexity index is 762. The summed E-state index contributed by atoms with van der Waals surface area (Å²) in [4.78, 5) is 0. The fourth-order valence-electron chi connectivity index (χ4n) is 2.24. The minimum Gasteiger partial charge on any atom is -0.106 e. The smallest absolute Gasteiger partial charge is 0.0208 e. The molecule has 0 fully saturated rings. The topological polar surface area (TPSA) is 0 Å². The fraction of sp³-hybridized carbons (Fsp3) is 0. The third-order valence-corrected chi connectivity index (χ3v) is 5.87. The molecule has 0 aliphatic heterocycles. The molecule has 0 radical (unpaired) electrons. The van der Waals surface area contributed by atoms with Crippen LogP contribution in [0.1, 0.15) is 0 Å². The van der Waals surface area contributed by atoms with Crippen molar-refractivity contribution in [2.24, 2.45) is 0 Å². The molecular weight excluding hydrogens is 405 g/mol. The standard InChI is InChI=1S/C18H15IP2/c19-17-11-15(7-10-18(17)21)14-3-1-12(2-4-14)13-5-8-16(20)9-6-13/h1-11H,20-21H2. The summed E-state index contributed by atoms with van der Waals surface area (Å²) in [7, 11) is 5.48. The zero-order valence-corrected chi connectivity index (χ0v) is 15.9. The van der Waals surface area contributed by atoms with E-state index in [1.165, 1.54) is 36.4 Å². The van der Waals surface area contributed by atoms with E-state index in [0.29, 0.717) is 0 Å². The highest BCUT2D eigenvalue weighted by molar-refractivity contribution is 14.1. The third-order valence-electron chi connectivity index (χ3n) is 3.46. The van der Waals surface area contributed by atoms with Crippen LogP contribution in [0.2, 0.25) is 0 Å². The molecule has 0 spiro atoms. The van der Waals surface area contributed by atoms with Gasteiger partial charge in [0.1, 0.15) is 0 Å². The van der Waals surface area contributed by atoms with E-state index >= 15 is 0 Å². The second-order valence-corrected chi connectivity index (χ2v) is 7.39. The molecule has 104 valence electrons. The van der Waals surface area contributed by atoms with Crippen molar-refractivity contribution in [1.82, 2.24) is 0 Å². The zero-order valence-electron chi connectivity index (χ0n) is 11.4. The van der Waals surface area contributed by atoms with Crippen molar-refractivity contribution >= 4 is 51.7 Å². The van der Waals surface area contributed by atoms with Crippen LogP contribution in [0.25, 0.3) is 22.3 Å². The average Bonchev–Trinajstić information content (AvgIpc) is 2.51. The molecule has 0 N–H and O–H groups in total. The average molecular weight is 420 g/mol. The molecular formula is C18H15IP2. The van der Waals surface area contributed by atoms with Gasteiger partial charge < -0.3 is 0 Å². The number of halogens is 1. The van der Waals surface area contributed by atoms with Crippen molar-refractivity contribution in [2.75, 3.05) is 0 Å². The first kappa shape index (κ1) is 15.2. The second-order valence-electron chi connectivity index (χ2n) is 4.94. The van der Waals surface area contributed by atoms with Crippen LogP contribution in [-0.2, 0) is 0 Å². The predicted molar refractivity (Wildman–Crippen MR) is 109 cm³/mol. The molecule has 0 amide bonds. The van der Waals surface area contributed by atoms with Crippen LogP contribution in [0.15, 0.2) is 66.7 Å². The molecule has 0 aliphatic rings. The Morgan fingerprint density at radius 3 is 1.52 bits per heavy atom.